The van der Waals surface area contributed by atoms with Crippen molar-refractivity contribution in [2.24, 2.45) is 5.92 Å². The van der Waals surface area contributed by atoms with E-state index in [0.29, 0.717) is 28.5 Å². The van der Waals surface area contributed by atoms with Crippen LogP contribution in [0.5, 0.6) is 0 Å². The maximum Gasteiger partial charge on any atom is 0.270 e. The number of nitro benzene ring substituents is 1. The number of nitrogens with zero attached hydrogens (tertiary/aromatic N) is 3. The summed E-state index contributed by atoms with van der Waals surface area (Å²) in [4.78, 5) is 45.0. The van der Waals surface area contributed by atoms with Gasteiger partial charge in [0.1, 0.15) is 23.5 Å². The van der Waals surface area contributed by atoms with Gasteiger partial charge in [-0.3, -0.25) is 24.5 Å². The fraction of sp³-hybridized carbons (Fsp3) is 0.111. The molecule has 2 aliphatic rings. The summed E-state index contributed by atoms with van der Waals surface area (Å²) < 4.78 is 6.15. The Morgan fingerprint density at radius 2 is 1.47 bits per heavy atom. The highest BCUT2D eigenvalue weighted by molar-refractivity contribution is 6.23. The maximum atomic E-state index is 13.6. The number of anilines is 2. The lowest BCUT2D eigenvalue weighted by Crippen LogP contribution is -2.37. The highest BCUT2D eigenvalue weighted by Gasteiger charge is 2.61. The molecule has 6 rings (SSSR count). The zero-order valence-corrected chi connectivity index (χ0v) is 18.8. The monoisotopic (exact) mass is 481 g/mol. The molecular formula is C27H19N3O6. The van der Waals surface area contributed by atoms with Crippen molar-refractivity contribution < 1.29 is 23.8 Å². The van der Waals surface area contributed by atoms with Gasteiger partial charge in [0.15, 0.2) is 6.10 Å². The summed E-state index contributed by atoms with van der Waals surface area (Å²) in [5.74, 6) is -0.856. The minimum Gasteiger partial charge on any atom is -0.459 e. The molecule has 36 heavy (non-hydrogen) atoms. The van der Waals surface area contributed by atoms with Crippen LogP contribution in [0.25, 0.3) is 11.3 Å². The molecule has 2 saturated heterocycles. The number of fused-ring (bicyclic) bond motifs is 1. The van der Waals surface area contributed by atoms with Crippen LogP contribution in [0.2, 0.25) is 0 Å². The number of non-ortho nitro benzene ring substituents is 1. The zero-order chi connectivity index (χ0) is 24.8. The Morgan fingerprint density at radius 3 is 2.17 bits per heavy atom. The van der Waals surface area contributed by atoms with Gasteiger partial charge in [-0.1, -0.05) is 48.5 Å². The van der Waals surface area contributed by atoms with E-state index in [1.165, 1.54) is 12.1 Å². The van der Waals surface area contributed by atoms with E-state index in [2.05, 4.69) is 0 Å². The lowest BCUT2D eigenvalue weighted by molar-refractivity contribution is -0.384. The number of hydrogen-bond acceptors (Lipinski definition) is 7. The summed E-state index contributed by atoms with van der Waals surface area (Å²) in [5.41, 5.74) is 1.61. The molecule has 0 aliphatic carbocycles. The highest BCUT2D eigenvalue weighted by Crippen LogP contribution is 2.48. The van der Waals surface area contributed by atoms with Gasteiger partial charge in [-0.15, -0.1) is 0 Å². The van der Waals surface area contributed by atoms with Crippen LogP contribution in [0.1, 0.15) is 11.8 Å². The average molecular weight is 481 g/mol. The Kier molecular flexibility index (Phi) is 5.12. The molecule has 0 spiro atoms. The number of benzene rings is 3. The van der Waals surface area contributed by atoms with Gasteiger partial charge in [-0.25, -0.2) is 9.96 Å². The number of hydroxylamine groups is 1. The molecule has 4 aromatic rings. The van der Waals surface area contributed by atoms with Crippen LogP contribution >= 0.6 is 0 Å². The average Bonchev–Trinajstić information content (AvgIpc) is 3.60. The van der Waals surface area contributed by atoms with Gasteiger partial charge < -0.3 is 4.42 Å². The first-order valence-corrected chi connectivity index (χ1v) is 11.3. The van der Waals surface area contributed by atoms with Gasteiger partial charge >= 0.3 is 0 Å². The highest BCUT2D eigenvalue weighted by atomic mass is 16.7. The molecule has 2 fully saturated rings. The Bertz CT molecular complexity index is 1470. The minimum absolute atomic E-state index is 0.0595. The summed E-state index contributed by atoms with van der Waals surface area (Å²) in [6.07, 6.45) is -1.02. The third-order valence-corrected chi connectivity index (χ3v) is 6.40. The Morgan fingerprint density at radius 1 is 0.778 bits per heavy atom. The maximum absolute atomic E-state index is 13.6. The van der Waals surface area contributed by atoms with Crippen molar-refractivity contribution in [2.45, 2.75) is 12.1 Å². The first-order chi connectivity index (χ1) is 17.5. The quantitative estimate of drug-likeness (QED) is 0.227. The van der Waals surface area contributed by atoms with Crippen LogP contribution in [0.3, 0.4) is 0 Å². The molecule has 178 valence electrons. The predicted molar refractivity (Wildman–Crippen MR) is 130 cm³/mol. The number of para-hydroxylation sites is 2. The third kappa shape index (κ3) is 3.45. The summed E-state index contributed by atoms with van der Waals surface area (Å²) in [6.45, 7) is 0. The Hall–Kier alpha value is -4.76. The number of amides is 2. The number of rotatable bonds is 5. The molecule has 0 radical (unpaired) electrons. The normalized spacial score (nSPS) is 21.2. The molecule has 3 atom stereocenters. The summed E-state index contributed by atoms with van der Waals surface area (Å²) in [5, 5.41) is 12.8. The minimum atomic E-state index is -1.02. The molecule has 9 nitrogen and oxygen atoms in total. The lowest BCUT2D eigenvalue weighted by atomic mass is 9.94. The molecule has 0 bridgehead atoms. The summed E-state index contributed by atoms with van der Waals surface area (Å²) >= 11 is 0. The van der Waals surface area contributed by atoms with Crippen molar-refractivity contribution in [2.75, 3.05) is 9.96 Å². The number of hydrogen-bond donors (Lipinski definition) is 0. The Balaban J connectivity index is 1.42. The smallest absolute Gasteiger partial charge is 0.270 e. The number of furan rings is 1. The molecule has 0 unspecified atom stereocenters. The number of carbonyl (C=O) groups excluding carboxylic acids is 2. The van der Waals surface area contributed by atoms with Crippen LogP contribution in [0, 0.1) is 16.0 Å². The standard InChI is InChI=1S/C27H19N3O6/c31-26-23-24(22-15-14-21(35-22)17-8-7-13-20(16-17)30(33)34)29(19-11-5-2-6-12-19)36-25(23)27(32)28(26)18-9-3-1-4-10-18/h1-16,23-25H/t23-,24-,25+/m0/s1. The lowest BCUT2D eigenvalue weighted by Gasteiger charge is -2.27. The molecule has 3 heterocycles. The van der Waals surface area contributed by atoms with Crippen molar-refractivity contribution >= 4 is 28.9 Å². The van der Waals surface area contributed by atoms with E-state index in [9.17, 15) is 19.7 Å². The van der Waals surface area contributed by atoms with E-state index in [4.69, 9.17) is 9.25 Å². The van der Waals surface area contributed by atoms with E-state index in [1.807, 2.05) is 36.4 Å². The van der Waals surface area contributed by atoms with E-state index >= 15 is 0 Å². The molecule has 0 saturated carbocycles. The van der Waals surface area contributed by atoms with E-state index in [1.54, 1.807) is 53.6 Å². The molecule has 2 amide bonds. The first-order valence-electron chi connectivity index (χ1n) is 11.3. The van der Waals surface area contributed by atoms with Crippen molar-refractivity contribution in [1.82, 2.24) is 0 Å². The summed E-state index contributed by atoms with van der Waals surface area (Å²) in [6, 6.07) is 26.7. The number of nitro groups is 1. The molecule has 1 aromatic heterocycles. The van der Waals surface area contributed by atoms with Crippen LogP contribution < -0.4 is 9.96 Å². The number of carbonyl (C=O) groups is 2. The van der Waals surface area contributed by atoms with Gasteiger partial charge in [0, 0.05) is 17.7 Å². The number of imide groups is 1. The zero-order valence-electron chi connectivity index (χ0n) is 18.8. The molecule has 9 heteroatoms. The van der Waals surface area contributed by atoms with Crippen molar-refractivity contribution in [1.29, 1.82) is 0 Å². The Labute approximate surface area is 205 Å². The van der Waals surface area contributed by atoms with E-state index < -0.39 is 28.9 Å². The second-order valence-corrected chi connectivity index (χ2v) is 8.51. The van der Waals surface area contributed by atoms with Crippen molar-refractivity contribution in [3.05, 3.63) is 113 Å². The fourth-order valence-electron chi connectivity index (χ4n) is 4.77. The largest absolute Gasteiger partial charge is 0.459 e. The van der Waals surface area contributed by atoms with Crippen LogP contribution in [-0.2, 0) is 14.4 Å². The third-order valence-electron chi connectivity index (χ3n) is 6.40. The summed E-state index contributed by atoms with van der Waals surface area (Å²) in [7, 11) is 0. The molecule has 2 aliphatic heterocycles. The van der Waals surface area contributed by atoms with Gasteiger partial charge in [-0.05, 0) is 36.4 Å². The van der Waals surface area contributed by atoms with Gasteiger partial charge in [0.05, 0.1) is 16.3 Å². The molecular weight excluding hydrogens is 462 g/mol. The van der Waals surface area contributed by atoms with Crippen molar-refractivity contribution in [3.8, 4) is 11.3 Å². The topological polar surface area (TPSA) is 106 Å². The second kappa shape index (κ2) is 8.47. The van der Waals surface area contributed by atoms with Crippen LogP contribution in [-0.4, -0.2) is 22.8 Å². The first kappa shape index (κ1) is 21.8. The van der Waals surface area contributed by atoms with Crippen molar-refractivity contribution in [3.63, 3.8) is 0 Å². The fourth-order valence-corrected chi connectivity index (χ4v) is 4.77. The predicted octanol–water partition coefficient (Wildman–Crippen LogP) is 4.91. The molecule has 3 aromatic carbocycles. The van der Waals surface area contributed by atoms with Gasteiger partial charge in [0.25, 0.3) is 11.6 Å². The van der Waals surface area contributed by atoms with E-state index in [0.717, 1.165) is 4.90 Å². The second-order valence-electron chi connectivity index (χ2n) is 8.51. The SMILES string of the molecule is O=C1[C@@H]2[C@@H](ON(c3ccccc3)[C@H]2c2ccc(-c3cccc([N+](=O)[O-])c3)o2)C(=O)N1c1ccccc1. The van der Waals surface area contributed by atoms with Crippen LogP contribution in [0.15, 0.2) is 101 Å². The van der Waals surface area contributed by atoms with E-state index in [-0.39, 0.29) is 11.6 Å². The van der Waals surface area contributed by atoms with Gasteiger partial charge in [-0.2, -0.15) is 0 Å². The van der Waals surface area contributed by atoms with Gasteiger partial charge in [0.2, 0.25) is 5.91 Å². The van der Waals surface area contributed by atoms with Crippen LogP contribution in [0.4, 0.5) is 17.1 Å². The molecule has 0 N–H and O–H groups in total.